The van der Waals surface area contributed by atoms with E-state index in [9.17, 15) is 26.7 Å². The van der Waals surface area contributed by atoms with Crippen LogP contribution < -0.4 is 19.7 Å². The number of nitrogens with zero attached hydrogens (tertiary/aromatic N) is 3. The Bertz CT molecular complexity index is 1160. The number of rotatable bonds is 9. The number of aliphatic hydroxyl groups is 1. The number of piperidine rings is 1. The van der Waals surface area contributed by atoms with Crippen molar-refractivity contribution in [3.8, 4) is 5.75 Å². The van der Waals surface area contributed by atoms with Crippen molar-refractivity contribution < 1.29 is 36.2 Å². The number of nitrogens with one attached hydrogen (secondary N) is 2. The van der Waals surface area contributed by atoms with E-state index >= 15 is 0 Å². The van der Waals surface area contributed by atoms with E-state index < -0.39 is 28.0 Å². The first kappa shape index (κ1) is 27.5. The van der Waals surface area contributed by atoms with Gasteiger partial charge in [-0.25, -0.2) is 23.1 Å². The molecule has 2 aliphatic heterocycles. The Morgan fingerprint density at radius 2 is 2.03 bits per heavy atom. The fourth-order valence-corrected chi connectivity index (χ4v) is 5.27. The van der Waals surface area contributed by atoms with Crippen molar-refractivity contribution in [2.24, 2.45) is 0 Å². The molecule has 0 saturated carbocycles. The fourth-order valence-electron chi connectivity index (χ4n) is 4.50. The summed E-state index contributed by atoms with van der Waals surface area (Å²) in [5, 5.41) is 13.6. The van der Waals surface area contributed by atoms with Crippen molar-refractivity contribution in [1.29, 1.82) is 0 Å². The Morgan fingerprint density at radius 3 is 2.68 bits per heavy atom. The van der Waals surface area contributed by atoms with Gasteiger partial charge in [-0.1, -0.05) is 6.07 Å². The summed E-state index contributed by atoms with van der Waals surface area (Å²) in [6, 6.07) is 6.06. The van der Waals surface area contributed by atoms with Crippen LogP contribution in [0.3, 0.4) is 0 Å². The summed E-state index contributed by atoms with van der Waals surface area (Å²) >= 11 is 0. The molecular weight excluding hydrogens is 515 g/mol. The molecule has 204 valence electrons. The van der Waals surface area contributed by atoms with E-state index in [0.29, 0.717) is 44.1 Å². The summed E-state index contributed by atoms with van der Waals surface area (Å²) < 4.78 is 75.9. The van der Waals surface area contributed by atoms with Gasteiger partial charge in [-0.2, -0.15) is 13.2 Å². The number of aliphatic hydroxyl groups excluding tert-OH is 1. The first-order valence-electron chi connectivity index (χ1n) is 11.9. The molecule has 2 saturated heterocycles. The third-order valence-electron chi connectivity index (χ3n) is 6.61. The van der Waals surface area contributed by atoms with Gasteiger partial charge in [0.2, 0.25) is 10.0 Å². The zero-order chi connectivity index (χ0) is 26.7. The Balaban J connectivity index is 1.20. The number of aromatic nitrogens is 2. The lowest BCUT2D eigenvalue weighted by molar-refractivity contribution is -0.141. The quantitative estimate of drug-likeness (QED) is 0.430. The van der Waals surface area contributed by atoms with Gasteiger partial charge in [0.25, 0.3) is 0 Å². The predicted molar refractivity (Wildman–Crippen MR) is 128 cm³/mol. The molecular formula is C23H30F3N5O5S. The maximum atomic E-state index is 12.7. The predicted octanol–water partition coefficient (Wildman–Crippen LogP) is 1.56. The van der Waals surface area contributed by atoms with Gasteiger partial charge in [0.05, 0.1) is 29.5 Å². The molecule has 0 aliphatic carbocycles. The lowest BCUT2D eigenvalue weighted by Crippen LogP contribution is -2.45. The van der Waals surface area contributed by atoms with Crippen LogP contribution in [0, 0.1) is 0 Å². The molecule has 2 atom stereocenters. The van der Waals surface area contributed by atoms with Crippen molar-refractivity contribution in [3.63, 3.8) is 0 Å². The van der Waals surface area contributed by atoms with Crippen LogP contribution in [0.15, 0.2) is 41.6 Å². The monoisotopic (exact) mass is 545 g/mol. The van der Waals surface area contributed by atoms with Gasteiger partial charge >= 0.3 is 6.18 Å². The summed E-state index contributed by atoms with van der Waals surface area (Å²) in [5.41, 5.74) is -1.34. The second kappa shape index (κ2) is 11.1. The summed E-state index contributed by atoms with van der Waals surface area (Å²) in [6.45, 7) is 1.92. The molecule has 2 aromatic rings. The third-order valence-corrected chi connectivity index (χ3v) is 8.02. The topological polar surface area (TPSA) is 126 Å². The summed E-state index contributed by atoms with van der Waals surface area (Å²) in [7, 11) is -2.26. The van der Waals surface area contributed by atoms with Crippen molar-refractivity contribution >= 4 is 15.8 Å². The molecule has 1 spiro atoms. The van der Waals surface area contributed by atoms with Crippen LogP contribution in [0.4, 0.5) is 19.0 Å². The van der Waals surface area contributed by atoms with E-state index in [1.165, 1.54) is 19.2 Å². The number of benzene rings is 1. The molecule has 0 bridgehead atoms. The molecule has 1 aromatic carbocycles. The highest BCUT2D eigenvalue weighted by atomic mass is 32.2. The smallest absolute Gasteiger partial charge is 0.434 e. The third kappa shape index (κ3) is 6.87. The SMILES string of the molecule is CNS(=O)(=O)c1cccc(OC[C@@H](O)CNC2COC3(CCN(c4cnc(C(F)(F)F)cn4)CC3)C2)c1. The standard InChI is InChI=1S/C23H30F3N5O5S/c1-27-37(33,34)19-4-2-3-18(9-19)35-15-17(32)11-28-16-10-22(36-14-16)5-7-31(8-6-22)21-13-29-20(12-30-21)23(24,25)26/h2-4,9,12-13,16-17,27-28,32H,5-8,10-11,14-15H2,1H3/t16?,17-/m0/s1. The van der Waals surface area contributed by atoms with Crippen molar-refractivity contribution in [1.82, 2.24) is 20.0 Å². The number of sulfonamides is 1. The maximum Gasteiger partial charge on any atom is 0.434 e. The largest absolute Gasteiger partial charge is 0.491 e. The van der Waals surface area contributed by atoms with Gasteiger partial charge in [-0.05, 0) is 38.4 Å². The van der Waals surface area contributed by atoms with E-state index in [0.717, 1.165) is 18.8 Å². The lowest BCUT2D eigenvalue weighted by Gasteiger charge is -2.39. The molecule has 2 fully saturated rings. The van der Waals surface area contributed by atoms with E-state index in [2.05, 4.69) is 20.0 Å². The summed E-state index contributed by atoms with van der Waals surface area (Å²) in [4.78, 5) is 9.39. The van der Waals surface area contributed by atoms with Gasteiger partial charge in [0, 0.05) is 31.7 Å². The molecule has 1 aromatic heterocycles. The first-order valence-corrected chi connectivity index (χ1v) is 13.3. The minimum Gasteiger partial charge on any atom is -0.491 e. The summed E-state index contributed by atoms with van der Waals surface area (Å²) in [6.07, 6.45) is -1.28. The Hall–Kier alpha value is -2.52. The number of hydrogen-bond donors (Lipinski definition) is 3. The molecule has 4 rings (SSSR count). The molecule has 37 heavy (non-hydrogen) atoms. The molecule has 2 aliphatic rings. The fraction of sp³-hybridized carbons (Fsp3) is 0.565. The maximum absolute atomic E-state index is 12.7. The minimum absolute atomic E-state index is 0.0160. The van der Waals surface area contributed by atoms with Gasteiger partial charge < -0.3 is 24.8 Å². The number of hydrogen-bond acceptors (Lipinski definition) is 9. The van der Waals surface area contributed by atoms with Gasteiger partial charge in [-0.15, -0.1) is 0 Å². The highest BCUT2D eigenvalue weighted by Gasteiger charge is 2.43. The number of anilines is 1. The van der Waals surface area contributed by atoms with E-state index in [1.807, 2.05) is 4.90 Å². The van der Waals surface area contributed by atoms with E-state index in [1.54, 1.807) is 12.1 Å². The van der Waals surface area contributed by atoms with Gasteiger partial charge in [0.1, 0.15) is 24.3 Å². The lowest BCUT2D eigenvalue weighted by atomic mass is 9.87. The Kier molecular flexibility index (Phi) is 8.23. The van der Waals surface area contributed by atoms with Crippen LogP contribution in [0.5, 0.6) is 5.75 Å². The van der Waals surface area contributed by atoms with Crippen LogP contribution in [0.25, 0.3) is 0 Å². The molecule has 10 nitrogen and oxygen atoms in total. The zero-order valence-corrected chi connectivity index (χ0v) is 21.1. The van der Waals surface area contributed by atoms with Gasteiger partial charge in [0.15, 0.2) is 5.69 Å². The van der Waals surface area contributed by atoms with Crippen molar-refractivity contribution in [2.75, 3.05) is 44.8 Å². The Morgan fingerprint density at radius 1 is 1.27 bits per heavy atom. The van der Waals surface area contributed by atoms with Crippen molar-refractivity contribution in [3.05, 3.63) is 42.4 Å². The normalized spacial score (nSPS) is 20.8. The van der Waals surface area contributed by atoms with E-state index in [-0.39, 0.29) is 29.7 Å². The number of halogens is 3. The van der Waals surface area contributed by atoms with Crippen LogP contribution in [-0.2, 0) is 20.9 Å². The first-order chi connectivity index (χ1) is 17.5. The van der Waals surface area contributed by atoms with Crippen molar-refractivity contribution in [2.45, 2.75) is 48.1 Å². The molecule has 14 heteroatoms. The van der Waals surface area contributed by atoms with Crippen LogP contribution in [0.1, 0.15) is 25.0 Å². The number of alkyl halides is 3. The van der Waals surface area contributed by atoms with Gasteiger partial charge in [-0.3, -0.25) is 0 Å². The molecule has 0 amide bonds. The molecule has 3 heterocycles. The van der Waals surface area contributed by atoms with Crippen LogP contribution >= 0.6 is 0 Å². The highest BCUT2D eigenvalue weighted by Crippen LogP contribution is 2.37. The number of ether oxygens (including phenoxy) is 2. The highest BCUT2D eigenvalue weighted by molar-refractivity contribution is 7.89. The zero-order valence-electron chi connectivity index (χ0n) is 20.2. The molecule has 1 unspecified atom stereocenters. The second-order valence-electron chi connectivity index (χ2n) is 9.20. The average molecular weight is 546 g/mol. The second-order valence-corrected chi connectivity index (χ2v) is 11.1. The molecule has 3 N–H and O–H groups in total. The van der Waals surface area contributed by atoms with Crippen LogP contribution in [0.2, 0.25) is 0 Å². The van der Waals surface area contributed by atoms with E-state index in [4.69, 9.17) is 9.47 Å². The minimum atomic E-state index is -4.52. The average Bonchev–Trinajstić information content (AvgIpc) is 3.28. The summed E-state index contributed by atoms with van der Waals surface area (Å²) in [5.74, 6) is 0.746. The van der Waals surface area contributed by atoms with Crippen LogP contribution in [-0.4, -0.2) is 81.1 Å². The Labute approximate surface area is 213 Å². The molecule has 0 radical (unpaired) electrons.